The minimum atomic E-state index is -0.249. The number of methoxy groups -OCH3 is 2. The first-order valence-electron chi connectivity index (χ1n) is 10.3. The number of hydrogen-bond acceptors (Lipinski definition) is 4. The third-order valence-corrected chi connectivity index (χ3v) is 5.80. The van der Waals surface area contributed by atoms with Gasteiger partial charge in [-0.05, 0) is 53.8 Å². The topological polar surface area (TPSA) is 60.8 Å². The molecule has 0 bridgehead atoms. The number of carbonyl (C=O) groups is 1. The van der Waals surface area contributed by atoms with Gasteiger partial charge in [-0.25, -0.2) is 0 Å². The van der Waals surface area contributed by atoms with E-state index in [4.69, 9.17) is 9.47 Å². The van der Waals surface area contributed by atoms with Crippen molar-refractivity contribution in [3.05, 3.63) is 92.9 Å². The summed E-state index contributed by atoms with van der Waals surface area (Å²) in [6, 6.07) is 15.6. The van der Waals surface area contributed by atoms with E-state index >= 15 is 0 Å². The van der Waals surface area contributed by atoms with E-state index < -0.39 is 0 Å². The second-order valence-electron chi connectivity index (χ2n) is 7.74. The summed E-state index contributed by atoms with van der Waals surface area (Å²) in [5.74, 6) is 1.11. The van der Waals surface area contributed by atoms with Crippen molar-refractivity contribution >= 4 is 5.91 Å². The fraction of sp³-hybridized carbons (Fsp3) is 0.280. The van der Waals surface area contributed by atoms with Crippen LogP contribution in [0.25, 0.3) is 0 Å². The summed E-state index contributed by atoms with van der Waals surface area (Å²) in [7, 11) is 3.20. The fourth-order valence-electron chi connectivity index (χ4n) is 4.02. The molecule has 4 rings (SSSR count). The highest BCUT2D eigenvalue weighted by atomic mass is 16.5. The standard InChI is InChI=1S/C25H26N2O4/c1-17-10-12-26(13-11-18-8-9-21(30-2)22(14-18)31-3)24(28)23(17)25(29)27-15-19-6-4-5-7-20(19)16-27/h4-10,12,14H,11,13,15-16H2,1-3H3. The molecule has 31 heavy (non-hydrogen) atoms. The Balaban J connectivity index is 1.54. The Morgan fingerprint density at radius 3 is 2.29 bits per heavy atom. The first-order valence-corrected chi connectivity index (χ1v) is 10.3. The van der Waals surface area contributed by atoms with Crippen LogP contribution in [0, 0.1) is 6.92 Å². The van der Waals surface area contributed by atoms with E-state index in [1.54, 1.807) is 29.9 Å². The molecule has 0 saturated heterocycles. The summed E-state index contributed by atoms with van der Waals surface area (Å²) in [6.45, 7) is 3.36. The highest BCUT2D eigenvalue weighted by Crippen LogP contribution is 2.28. The van der Waals surface area contributed by atoms with Crippen LogP contribution in [-0.2, 0) is 26.1 Å². The molecular formula is C25H26N2O4. The molecule has 0 unspecified atom stereocenters. The molecule has 0 N–H and O–H groups in total. The summed E-state index contributed by atoms with van der Waals surface area (Å²) in [5.41, 5.74) is 4.00. The molecule has 0 saturated carbocycles. The number of aromatic nitrogens is 1. The van der Waals surface area contributed by atoms with Crippen LogP contribution >= 0.6 is 0 Å². The van der Waals surface area contributed by atoms with Crippen molar-refractivity contribution in [2.75, 3.05) is 14.2 Å². The zero-order chi connectivity index (χ0) is 22.0. The second kappa shape index (κ2) is 8.68. The van der Waals surface area contributed by atoms with E-state index in [1.807, 2.05) is 55.5 Å². The predicted octanol–water partition coefficient (Wildman–Crippen LogP) is 3.57. The third kappa shape index (κ3) is 4.06. The Morgan fingerprint density at radius 2 is 1.65 bits per heavy atom. The number of carbonyl (C=O) groups excluding carboxylic acids is 1. The van der Waals surface area contributed by atoms with Gasteiger partial charge in [0.05, 0.1) is 14.2 Å². The minimum Gasteiger partial charge on any atom is -0.493 e. The smallest absolute Gasteiger partial charge is 0.263 e. The van der Waals surface area contributed by atoms with Crippen molar-refractivity contribution in [2.24, 2.45) is 0 Å². The molecule has 3 aromatic rings. The van der Waals surface area contributed by atoms with Crippen LogP contribution in [0.3, 0.4) is 0 Å². The minimum absolute atomic E-state index is 0.209. The van der Waals surface area contributed by atoms with E-state index in [2.05, 4.69) is 0 Å². The second-order valence-corrected chi connectivity index (χ2v) is 7.74. The molecule has 0 spiro atoms. The highest BCUT2D eigenvalue weighted by Gasteiger charge is 2.27. The van der Waals surface area contributed by atoms with Crippen LogP contribution in [0.1, 0.15) is 32.6 Å². The Bertz CT molecular complexity index is 1160. The number of fused-ring (bicyclic) bond motifs is 1. The number of amides is 1. The van der Waals surface area contributed by atoms with Crippen molar-refractivity contribution in [2.45, 2.75) is 33.0 Å². The maximum absolute atomic E-state index is 13.2. The van der Waals surface area contributed by atoms with Gasteiger partial charge in [0.1, 0.15) is 5.56 Å². The molecular weight excluding hydrogens is 392 g/mol. The molecule has 160 valence electrons. The van der Waals surface area contributed by atoms with E-state index in [1.165, 1.54) is 0 Å². The van der Waals surface area contributed by atoms with Gasteiger partial charge in [-0.1, -0.05) is 30.3 Å². The molecule has 6 heteroatoms. The quantitative estimate of drug-likeness (QED) is 0.614. The fourth-order valence-corrected chi connectivity index (χ4v) is 4.02. The molecule has 6 nitrogen and oxygen atoms in total. The lowest BCUT2D eigenvalue weighted by molar-refractivity contribution is 0.0748. The number of pyridine rings is 1. The average molecular weight is 418 g/mol. The van der Waals surface area contributed by atoms with Gasteiger partial charge in [0, 0.05) is 25.8 Å². The molecule has 0 radical (unpaired) electrons. The van der Waals surface area contributed by atoms with Gasteiger partial charge in [0.2, 0.25) is 0 Å². The summed E-state index contributed by atoms with van der Waals surface area (Å²) < 4.78 is 12.2. The maximum Gasteiger partial charge on any atom is 0.263 e. The first kappa shape index (κ1) is 20.7. The Morgan fingerprint density at radius 1 is 0.968 bits per heavy atom. The maximum atomic E-state index is 13.2. The van der Waals surface area contributed by atoms with Crippen molar-refractivity contribution in [1.29, 1.82) is 0 Å². The number of aryl methyl sites for hydroxylation is 3. The zero-order valence-corrected chi connectivity index (χ0v) is 18.1. The molecule has 0 aliphatic carbocycles. The normalized spacial score (nSPS) is 12.5. The Kier molecular flexibility index (Phi) is 5.80. The highest BCUT2D eigenvalue weighted by molar-refractivity contribution is 5.95. The third-order valence-electron chi connectivity index (χ3n) is 5.80. The lowest BCUT2D eigenvalue weighted by atomic mass is 10.1. The van der Waals surface area contributed by atoms with Crippen molar-refractivity contribution in [3.63, 3.8) is 0 Å². The Labute approximate surface area is 181 Å². The zero-order valence-electron chi connectivity index (χ0n) is 18.1. The lowest BCUT2D eigenvalue weighted by Gasteiger charge is -2.18. The molecule has 0 atom stereocenters. The number of rotatable bonds is 6. The summed E-state index contributed by atoms with van der Waals surface area (Å²) >= 11 is 0. The van der Waals surface area contributed by atoms with Crippen LogP contribution in [0.15, 0.2) is 59.5 Å². The molecule has 0 fully saturated rings. The van der Waals surface area contributed by atoms with E-state index in [0.717, 1.165) is 16.7 Å². The summed E-state index contributed by atoms with van der Waals surface area (Å²) in [5, 5.41) is 0. The average Bonchev–Trinajstić information content (AvgIpc) is 3.22. The number of benzene rings is 2. The van der Waals surface area contributed by atoms with Crippen molar-refractivity contribution < 1.29 is 14.3 Å². The monoisotopic (exact) mass is 418 g/mol. The summed E-state index contributed by atoms with van der Waals surface area (Å²) in [4.78, 5) is 28.1. The van der Waals surface area contributed by atoms with Crippen LogP contribution in [0.5, 0.6) is 11.5 Å². The van der Waals surface area contributed by atoms with Crippen LogP contribution in [0.2, 0.25) is 0 Å². The number of hydrogen-bond donors (Lipinski definition) is 0. The SMILES string of the molecule is COc1ccc(CCn2ccc(C)c(C(=O)N3Cc4ccccc4C3)c2=O)cc1OC. The molecule has 2 aromatic carbocycles. The van der Waals surface area contributed by atoms with Gasteiger partial charge < -0.3 is 18.9 Å². The van der Waals surface area contributed by atoms with Crippen LogP contribution in [-0.4, -0.2) is 29.6 Å². The summed E-state index contributed by atoms with van der Waals surface area (Å²) in [6.07, 6.45) is 2.39. The first-order chi connectivity index (χ1) is 15.0. The predicted molar refractivity (Wildman–Crippen MR) is 119 cm³/mol. The van der Waals surface area contributed by atoms with Crippen LogP contribution < -0.4 is 15.0 Å². The van der Waals surface area contributed by atoms with Crippen molar-refractivity contribution in [3.8, 4) is 11.5 Å². The molecule has 1 aliphatic heterocycles. The number of ether oxygens (including phenoxy) is 2. The number of nitrogens with zero attached hydrogens (tertiary/aromatic N) is 2. The Hall–Kier alpha value is -3.54. The van der Waals surface area contributed by atoms with E-state index in [9.17, 15) is 9.59 Å². The van der Waals surface area contributed by atoms with E-state index in [0.29, 0.717) is 43.1 Å². The van der Waals surface area contributed by atoms with Gasteiger partial charge in [0.15, 0.2) is 11.5 Å². The molecule has 2 heterocycles. The van der Waals surface area contributed by atoms with Gasteiger partial charge in [-0.15, -0.1) is 0 Å². The van der Waals surface area contributed by atoms with Gasteiger partial charge in [-0.2, -0.15) is 0 Å². The van der Waals surface area contributed by atoms with Gasteiger partial charge >= 0.3 is 0 Å². The largest absolute Gasteiger partial charge is 0.493 e. The van der Waals surface area contributed by atoms with E-state index in [-0.39, 0.29) is 17.0 Å². The molecule has 1 aromatic heterocycles. The van der Waals surface area contributed by atoms with Crippen molar-refractivity contribution in [1.82, 2.24) is 9.47 Å². The lowest BCUT2D eigenvalue weighted by Crippen LogP contribution is -2.35. The molecule has 1 amide bonds. The van der Waals surface area contributed by atoms with Crippen LogP contribution in [0.4, 0.5) is 0 Å². The van der Waals surface area contributed by atoms with Gasteiger partial charge in [0.25, 0.3) is 11.5 Å². The van der Waals surface area contributed by atoms with Gasteiger partial charge in [-0.3, -0.25) is 9.59 Å². The molecule has 1 aliphatic rings.